The molecule has 1 N–H and O–H groups in total. The van der Waals surface area contributed by atoms with E-state index in [4.69, 9.17) is 0 Å². The van der Waals surface area contributed by atoms with Gasteiger partial charge in [-0.05, 0) is 30.0 Å². The fourth-order valence-corrected chi connectivity index (χ4v) is 1.96. The summed E-state index contributed by atoms with van der Waals surface area (Å²) in [5.41, 5.74) is -4.50. The number of rotatable bonds is 5. The molecule has 0 fully saturated rings. The van der Waals surface area contributed by atoms with E-state index in [0.717, 1.165) is 20.3 Å². The molecule has 1 aromatic carbocycles. The second-order valence-corrected chi connectivity index (χ2v) is 4.91. The molecule has 9 heteroatoms. The van der Waals surface area contributed by atoms with Gasteiger partial charge in [0.05, 0.1) is 20.3 Å². The average Bonchev–Trinajstić information content (AvgIpc) is 2.44. The van der Waals surface area contributed by atoms with Crippen LogP contribution in [0.5, 0.6) is 0 Å². The maximum Gasteiger partial charge on any atom is 0.446 e. The first-order valence-corrected chi connectivity index (χ1v) is 6.57. The number of nitrogens with one attached hydrogen (secondary N) is 1. The Morgan fingerprint density at radius 3 is 2.45 bits per heavy atom. The van der Waals surface area contributed by atoms with Crippen molar-refractivity contribution in [2.75, 3.05) is 19.5 Å². The number of carbonyl (C=O) groups is 2. The molecule has 0 saturated carbocycles. The van der Waals surface area contributed by atoms with E-state index >= 15 is 0 Å². The molecular formula is C13H12F3NO4S. The van der Waals surface area contributed by atoms with Crippen LogP contribution >= 0.6 is 11.8 Å². The molecule has 0 radical (unpaired) electrons. The molecule has 1 aromatic rings. The number of methoxy groups -OCH3 is 2. The van der Waals surface area contributed by atoms with Gasteiger partial charge in [-0.15, -0.1) is 0 Å². The monoisotopic (exact) mass is 335 g/mol. The lowest BCUT2D eigenvalue weighted by atomic mass is 10.3. The van der Waals surface area contributed by atoms with Gasteiger partial charge in [0, 0.05) is 10.6 Å². The Bertz CT molecular complexity index is 587. The van der Waals surface area contributed by atoms with E-state index in [1.54, 1.807) is 0 Å². The molecule has 22 heavy (non-hydrogen) atoms. The largest absolute Gasteiger partial charge is 0.466 e. The zero-order chi connectivity index (χ0) is 16.8. The molecule has 0 bridgehead atoms. The molecule has 0 spiro atoms. The van der Waals surface area contributed by atoms with E-state index in [0.29, 0.717) is 0 Å². The number of halogens is 3. The highest BCUT2D eigenvalue weighted by Crippen LogP contribution is 2.37. The molecule has 0 heterocycles. The number of benzene rings is 1. The number of hydrogen-bond acceptors (Lipinski definition) is 6. The Kier molecular flexibility index (Phi) is 6.29. The van der Waals surface area contributed by atoms with E-state index in [1.165, 1.54) is 24.3 Å². The van der Waals surface area contributed by atoms with Gasteiger partial charge in [-0.1, -0.05) is 6.07 Å². The average molecular weight is 335 g/mol. The number of anilines is 1. The van der Waals surface area contributed by atoms with Crippen LogP contribution < -0.4 is 5.32 Å². The van der Waals surface area contributed by atoms with Gasteiger partial charge >= 0.3 is 17.4 Å². The molecule has 0 saturated heterocycles. The summed E-state index contributed by atoms with van der Waals surface area (Å²) in [5, 5.41) is 2.53. The summed E-state index contributed by atoms with van der Waals surface area (Å²) in [6, 6.07) is 5.27. The predicted octanol–water partition coefficient (Wildman–Crippen LogP) is 2.94. The molecule has 0 aliphatic rings. The van der Waals surface area contributed by atoms with E-state index in [9.17, 15) is 22.8 Å². The summed E-state index contributed by atoms with van der Waals surface area (Å²) >= 11 is -0.293. The van der Waals surface area contributed by atoms with Crippen molar-refractivity contribution < 1.29 is 32.2 Å². The Labute approximate surface area is 128 Å². The van der Waals surface area contributed by atoms with Crippen LogP contribution in [0.4, 0.5) is 18.9 Å². The van der Waals surface area contributed by atoms with Crippen LogP contribution in [0.2, 0.25) is 0 Å². The van der Waals surface area contributed by atoms with Gasteiger partial charge in [0.25, 0.3) is 0 Å². The molecule has 0 amide bonds. The van der Waals surface area contributed by atoms with E-state index in [1.807, 2.05) is 0 Å². The lowest BCUT2D eigenvalue weighted by molar-refractivity contribution is -0.138. The van der Waals surface area contributed by atoms with Crippen molar-refractivity contribution in [1.82, 2.24) is 0 Å². The van der Waals surface area contributed by atoms with Crippen LogP contribution in [-0.4, -0.2) is 31.7 Å². The molecule has 1 rings (SSSR count). The number of thioether (sulfide) groups is 1. The second kappa shape index (κ2) is 7.74. The minimum Gasteiger partial charge on any atom is -0.466 e. The van der Waals surface area contributed by atoms with Crippen molar-refractivity contribution in [2.45, 2.75) is 10.4 Å². The number of esters is 2. The number of carbonyl (C=O) groups excluding carboxylic acids is 2. The van der Waals surface area contributed by atoms with Crippen LogP contribution in [0.25, 0.3) is 0 Å². The molecule has 0 aliphatic carbocycles. The lowest BCUT2D eigenvalue weighted by Gasteiger charge is -2.11. The fourth-order valence-electron chi connectivity index (χ4n) is 1.36. The molecule has 5 nitrogen and oxygen atoms in total. The molecular weight excluding hydrogens is 323 g/mol. The van der Waals surface area contributed by atoms with Crippen LogP contribution in [0.15, 0.2) is 40.9 Å². The summed E-state index contributed by atoms with van der Waals surface area (Å²) in [5.74, 6) is -1.67. The van der Waals surface area contributed by atoms with Gasteiger partial charge < -0.3 is 14.8 Å². The van der Waals surface area contributed by atoms with Crippen molar-refractivity contribution in [2.24, 2.45) is 0 Å². The molecule has 0 aromatic heterocycles. The first-order chi connectivity index (χ1) is 10.2. The Morgan fingerprint density at radius 1 is 1.23 bits per heavy atom. The van der Waals surface area contributed by atoms with Gasteiger partial charge in [-0.25, -0.2) is 9.59 Å². The third-order valence-corrected chi connectivity index (χ3v) is 2.94. The first kappa shape index (κ1) is 17.9. The summed E-state index contributed by atoms with van der Waals surface area (Å²) < 4.78 is 45.9. The van der Waals surface area contributed by atoms with E-state index < -0.39 is 17.4 Å². The minimum absolute atomic E-state index is 0.0696. The highest BCUT2D eigenvalue weighted by molar-refractivity contribution is 8.00. The third-order valence-electron chi connectivity index (χ3n) is 2.22. The van der Waals surface area contributed by atoms with Gasteiger partial charge in [0.15, 0.2) is 0 Å². The van der Waals surface area contributed by atoms with Crippen LogP contribution in [-0.2, 0) is 19.1 Å². The Morgan fingerprint density at radius 2 is 1.91 bits per heavy atom. The maximum atomic E-state index is 12.3. The van der Waals surface area contributed by atoms with Gasteiger partial charge in [0.1, 0.15) is 5.70 Å². The van der Waals surface area contributed by atoms with Crippen LogP contribution in [0.1, 0.15) is 0 Å². The maximum absolute atomic E-state index is 12.3. The van der Waals surface area contributed by atoms with E-state index in [2.05, 4.69) is 14.8 Å². The summed E-state index contributed by atoms with van der Waals surface area (Å²) in [4.78, 5) is 22.7. The molecule has 0 aliphatic heterocycles. The summed E-state index contributed by atoms with van der Waals surface area (Å²) in [6.07, 6.45) is 0.843. The third kappa shape index (κ3) is 6.08. The summed E-state index contributed by atoms with van der Waals surface area (Å²) in [6.45, 7) is 0. The van der Waals surface area contributed by atoms with Crippen molar-refractivity contribution in [3.63, 3.8) is 0 Å². The zero-order valence-corrected chi connectivity index (χ0v) is 12.4. The SMILES string of the molecule is COC(=O)/C=C(/Nc1cccc(SC(F)(F)F)c1)C(=O)OC. The van der Waals surface area contributed by atoms with Gasteiger partial charge in [-0.3, -0.25) is 0 Å². The van der Waals surface area contributed by atoms with Crippen molar-refractivity contribution in [1.29, 1.82) is 0 Å². The van der Waals surface area contributed by atoms with Crippen molar-refractivity contribution >= 4 is 29.4 Å². The fraction of sp³-hybridized carbons (Fsp3) is 0.231. The summed E-state index contributed by atoms with van der Waals surface area (Å²) in [7, 11) is 2.22. The first-order valence-electron chi connectivity index (χ1n) is 5.76. The highest BCUT2D eigenvalue weighted by Gasteiger charge is 2.29. The van der Waals surface area contributed by atoms with Crippen molar-refractivity contribution in [3.05, 3.63) is 36.0 Å². The van der Waals surface area contributed by atoms with E-state index in [-0.39, 0.29) is 28.0 Å². The molecule has 120 valence electrons. The number of hydrogen-bond donors (Lipinski definition) is 1. The standard InChI is InChI=1S/C13H12F3NO4S/c1-20-11(18)7-10(12(19)21-2)17-8-4-3-5-9(6-8)22-13(14,15)16/h3-7,17H,1-2H3/b10-7+. The number of ether oxygens (including phenoxy) is 2. The topological polar surface area (TPSA) is 64.6 Å². The lowest BCUT2D eigenvalue weighted by Crippen LogP contribution is -2.15. The smallest absolute Gasteiger partial charge is 0.446 e. The van der Waals surface area contributed by atoms with Crippen molar-refractivity contribution in [3.8, 4) is 0 Å². The zero-order valence-electron chi connectivity index (χ0n) is 11.6. The quantitative estimate of drug-likeness (QED) is 0.507. The second-order valence-electron chi connectivity index (χ2n) is 3.77. The Hall–Kier alpha value is -2.16. The van der Waals surface area contributed by atoms with Crippen LogP contribution in [0.3, 0.4) is 0 Å². The highest BCUT2D eigenvalue weighted by atomic mass is 32.2. The number of alkyl halides is 3. The van der Waals surface area contributed by atoms with Gasteiger partial charge in [-0.2, -0.15) is 13.2 Å². The Balaban J connectivity index is 2.99. The molecule has 0 unspecified atom stereocenters. The normalized spacial score (nSPS) is 11.8. The minimum atomic E-state index is -4.42. The molecule has 0 atom stereocenters. The predicted molar refractivity (Wildman–Crippen MR) is 74.1 cm³/mol. The van der Waals surface area contributed by atoms with Gasteiger partial charge in [0.2, 0.25) is 0 Å². The van der Waals surface area contributed by atoms with Crippen LogP contribution in [0, 0.1) is 0 Å².